The Morgan fingerprint density at radius 3 is 2.61 bits per heavy atom. The third kappa shape index (κ3) is 4.38. The van der Waals surface area contributed by atoms with E-state index in [-0.39, 0.29) is 23.4 Å². The summed E-state index contributed by atoms with van der Waals surface area (Å²) in [5.41, 5.74) is 1.82. The number of hydrogen-bond acceptors (Lipinski definition) is 5. The molecule has 1 aliphatic rings. The summed E-state index contributed by atoms with van der Waals surface area (Å²) in [5.74, 6) is -0.187. The molecule has 31 heavy (non-hydrogen) atoms. The van der Waals surface area contributed by atoms with Crippen molar-refractivity contribution in [1.82, 2.24) is 24.5 Å². The Bertz CT molecular complexity index is 1150. The van der Waals surface area contributed by atoms with Crippen LogP contribution in [0.25, 0.3) is 5.69 Å². The molecule has 1 aromatic heterocycles. The van der Waals surface area contributed by atoms with E-state index in [1.54, 1.807) is 36.4 Å². The van der Waals surface area contributed by atoms with E-state index >= 15 is 0 Å². The quantitative estimate of drug-likeness (QED) is 0.578. The number of sulfonamides is 1. The Labute approximate surface area is 181 Å². The Kier molecular flexibility index (Phi) is 6.15. The summed E-state index contributed by atoms with van der Waals surface area (Å²) in [6.45, 7) is 3.91. The van der Waals surface area contributed by atoms with Gasteiger partial charge in [-0.3, -0.25) is 0 Å². The van der Waals surface area contributed by atoms with Crippen LogP contribution in [-0.2, 0) is 16.6 Å². The monoisotopic (exact) mass is 443 g/mol. The molecule has 0 spiro atoms. The number of benzene rings is 2. The molecule has 164 valence electrons. The number of hydrogen-bond donors (Lipinski definition) is 0. The minimum absolute atomic E-state index is 0.0117. The van der Waals surface area contributed by atoms with Gasteiger partial charge in [0.2, 0.25) is 10.0 Å². The third-order valence-electron chi connectivity index (χ3n) is 6.09. The molecule has 0 saturated heterocycles. The number of aromatic nitrogens is 4. The molecule has 2 aromatic carbocycles. The first-order valence-corrected chi connectivity index (χ1v) is 11.9. The lowest BCUT2D eigenvalue weighted by Gasteiger charge is -2.38. The van der Waals surface area contributed by atoms with E-state index in [0.29, 0.717) is 11.3 Å². The van der Waals surface area contributed by atoms with E-state index in [0.717, 1.165) is 31.2 Å². The van der Waals surface area contributed by atoms with Crippen LogP contribution in [0.1, 0.15) is 43.7 Å². The molecule has 2 atom stereocenters. The van der Waals surface area contributed by atoms with Crippen LogP contribution in [-0.4, -0.2) is 39.0 Å². The summed E-state index contributed by atoms with van der Waals surface area (Å²) in [7, 11) is -3.85. The van der Waals surface area contributed by atoms with Gasteiger partial charge in [0.25, 0.3) is 0 Å². The molecule has 0 bridgehead atoms. The molecule has 1 saturated carbocycles. The lowest BCUT2D eigenvalue weighted by atomic mass is 9.86. The number of halogens is 1. The number of tetrazole rings is 1. The first-order valence-electron chi connectivity index (χ1n) is 10.5. The topological polar surface area (TPSA) is 81.0 Å². The molecule has 1 aliphatic carbocycles. The molecule has 0 radical (unpaired) electrons. The van der Waals surface area contributed by atoms with E-state index < -0.39 is 15.8 Å². The molecular formula is C22H26FN5O2S. The maximum absolute atomic E-state index is 14.4. The zero-order valence-electron chi connectivity index (χ0n) is 17.6. The highest BCUT2D eigenvalue weighted by Gasteiger charge is 2.36. The van der Waals surface area contributed by atoms with Gasteiger partial charge in [0.05, 0.1) is 10.6 Å². The molecule has 0 unspecified atom stereocenters. The van der Waals surface area contributed by atoms with Crippen LogP contribution in [0, 0.1) is 18.7 Å². The first kappa shape index (κ1) is 21.6. The van der Waals surface area contributed by atoms with Crippen LogP contribution >= 0.6 is 0 Å². The predicted molar refractivity (Wildman–Crippen MR) is 114 cm³/mol. The summed E-state index contributed by atoms with van der Waals surface area (Å²) in [6.07, 6.45) is 5.26. The average Bonchev–Trinajstić information content (AvgIpc) is 3.28. The van der Waals surface area contributed by atoms with Gasteiger partial charge in [-0.1, -0.05) is 38.0 Å². The van der Waals surface area contributed by atoms with Crippen LogP contribution in [0.2, 0.25) is 0 Å². The van der Waals surface area contributed by atoms with Crippen molar-refractivity contribution in [1.29, 1.82) is 0 Å². The van der Waals surface area contributed by atoms with Crippen molar-refractivity contribution in [3.8, 4) is 5.69 Å². The fourth-order valence-corrected chi connectivity index (χ4v) is 6.17. The van der Waals surface area contributed by atoms with Gasteiger partial charge >= 0.3 is 0 Å². The number of nitrogens with zero attached hydrogens (tertiary/aromatic N) is 5. The summed E-state index contributed by atoms with van der Waals surface area (Å²) in [5, 5.41) is 11.1. The predicted octanol–water partition coefficient (Wildman–Crippen LogP) is 3.88. The van der Waals surface area contributed by atoms with E-state index in [1.807, 2.05) is 6.92 Å². The number of aryl methyl sites for hydroxylation is 1. The SMILES string of the molecule is Cc1cc(S(=O)(=O)N(Cc2ccccc2F)[C@H]2CCCC[C@H]2C)ccc1-n1cnnn1. The minimum atomic E-state index is -3.85. The van der Waals surface area contributed by atoms with Crippen molar-refractivity contribution in [3.63, 3.8) is 0 Å². The highest BCUT2D eigenvalue weighted by Crippen LogP contribution is 2.34. The summed E-state index contributed by atoms with van der Waals surface area (Å²) >= 11 is 0. The third-order valence-corrected chi connectivity index (χ3v) is 7.96. The Morgan fingerprint density at radius 2 is 1.94 bits per heavy atom. The lowest BCUT2D eigenvalue weighted by molar-refractivity contribution is 0.184. The van der Waals surface area contributed by atoms with Crippen LogP contribution in [0.4, 0.5) is 4.39 Å². The normalized spacial score (nSPS) is 19.6. The Morgan fingerprint density at radius 1 is 1.16 bits per heavy atom. The summed E-state index contributed by atoms with van der Waals surface area (Å²) in [6, 6.07) is 11.1. The zero-order valence-corrected chi connectivity index (χ0v) is 18.5. The molecule has 7 nitrogen and oxygen atoms in total. The second kappa shape index (κ2) is 8.84. The zero-order chi connectivity index (χ0) is 22.0. The summed E-state index contributed by atoms with van der Waals surface area (Å²) in [4.78, 5) is 0.191. The van der Waals surface area contributed by atoms with Gasteiger partial charge in [0.1, 0.15) is 12.1 Å². The van der Waals surface area contributed by atoms with Crippen molar-refractivity contribution < 1.29 is 12.8 Å². The van der Waals surface area contributed by atoms with Crippen LogP contribution < -0.4 is 0 Å². The molecule has 0 aliphatic heterocycles. The van der Waals surface area contributed by atoms with Crippen molar-refractivity contribution in [2.45, 2.75) is 57.0 Å². The molecule has 0 amide bonds. The maximum atomic E-state index is 14.4. The van der Waals surface area contributed by atoms with Gasteiger partial charge in [-0.25, -0.2) is 17.5 Å². The fraction of sp³-hybridized carbons (Fsp3) is 0.409. The van der Waals surface area contributed by atoms with Gasteiger partial charge < -0.3 is 0 Å². The van der Waals surface area contributed by atoms with Gasteiger partial charge in [-0.15, -0.1) is 5.10 Å². The molecule has 0 N–H and O–H groups in total. The minimum Gasteiger partial charge on any atom is -0.207 e. The summed E-state index contributed by atoms with van der Waals surface area (Å²) < 4.78 is 45.0. The highest BCUT2D eigenvalue weighted by molar-refractivity contribution is 7.89. The van der Waals surface area contributed by atoms with Gasteiger partial charge in [-0.2, -0.15) is 4.31 Å². The smallest absolute Gasteiger partial charge is 0.207 e. The fourth-order valence-electron chi connectivity index (χ4n) is 4.35. The Balaban J connectivity index is 1.74. The van der Waals surface area contributed by atoms with E-state index in [9.17, 15) is 12.8 Å². The van der Waals surface area contributed by atoms with Gasteiger partial charge in [0, 0.05) is 18.2 Å². The van der Waals surface area contributed by atoms with Crippen LogP contribution in [0.5, 0.6) is 0 Å². The average molecular weight is 444 g/mol. The van der Waals surface area contributed by atoms with Crippen molar-refractivity contribution >= 4 is 10.0 Å². The van der Waals surface area contributed by atoms with Crippen molar-refractivity contribution in [3.05, 3.63) is 65.7 Å². The molecule has 1 fully saturated rings. The molecule has 3 aromatic rings. The van der Waals surface area contributed by atoms with Crippen molar-refractivity contribution in [2.75, 3.05) is 0 Å². The van der Waals surface area contributed by atoms with Crippen LogP contribution in [0.3, 0.4) is 0 Å². The molecular weight excluding hydrogens is 417 g/mol. The van der Waals surface area contributed by atoms with Crippen LogP contribution in [0.15, 0.2) is 53.7 Å². The van der Waals surface area contributed by atoms with Crippen molar-refractivity contribution in [2.24, 2.45) is 5.92 Å². The second-order valence-corrected chi connectivity index (χ2v) is 10.1. The second-order valence-electron chi connectivity index (χ2n) is 8.17. The lowest BCUT2D eigenvalue weighted by Crippen LogP contribution is -2.44. The molecule has 4 rings (SSSR count). The molecule has 1 heterocycles. The largest absolute Gasteiger partial charge is 0.243 e. The maximum Gasteiger partial charge on any atom is 0.243 e. The standard InChI is InChI=1S/C22H26FN5O2S/c1-16-7-3-6-10-22(16)28(14-18-8-4-5-9-20(18)23)31(29,30)19-11-12-21(17(2)13-19)27-15-24-25-26-27/h4-5,8-9,11-13,15-16,22H,3,6-7,10,14H2,1-2H3/t16-,22+/m1/s1. The molecule has 9 heteroatoms. The van der Waals surface area contributed by atoms with Gasteiger partial charge in [-0.05, 0) is 65.9 Å². The van der Waals surface area contributed by atoms with Gasteiger partial charge in [0.15, 0.2) is 0 Å². The number of rotatable bonds is 6. The van der Waals surface area contributed by atoms with E-state index in [4.69, 9.17) is 0 Å². The van der Waals surface area contributed by atoms with E-state index in [2.05, 4.69) is 22.4 Å². The first-order chi connectivity index (χ1) is 14.9. The highest BCUT2D eigenvalue weighted by atomic mass is 32.2. The Hall–Kier alpha value is -2.65. The van der Waals surface area contributed by atoms with E-state index in [1.165, 1.54) is 21.4 Å².